The van der Waals surface area contributed by atoms with E-state index in [9.17, 15) is 14.4 Å². The second-order valence-corrected chi connectivity index (χ2v) is 9.23. The molecule has 0 spiro atoms. The Labute approximate surface area is 215 Å². The van der Waals surface area contributed by atoms with Crippen molar-refractivity contribution in [3.8, 4) is 11.3 Å². The molecule has 190 valence electrons. The van der Waals surface area contributed by atoms with Gasteiger partial charge < -0.3 is 25.3 Å². The van der Waals surface area contributed by atoms with Crippen LogP contribution in [0.5, 0.6) is 0 Å². The van der Waals surface area contributed by atoms with E-state index in [1.54, 1.807) is 43.3 Å². The van der Waals surface area contributed by atoms with Crippen LogP contribution in [0.4, 0.5) is 11.4 Å². The number of para-hydroxylation sites is 1. The molecule has 0 radical (unpaired) electrons. The van der Waals surface area contributed by atoms with Crippen LogP contribution in [0.1, 0.15) is 47.9 Å². The SMILES string of the molecule is CCC(=O)Nc1cc(C(=O)NCCN2CCCC2)ccc1-c1ccc(C=C2C(=O)Nc3ccccc32)o1. The molecular formula is C29H30N4O4. The lowest BCUT2D eigenvalue weighted by Crippen LogP contribution is -2.33. The van der Waals surface area contributed by atoms with E-state index in [1.807, 2.05) is 24.3 Å². The Balaban J connectivity index is 1.37. The molecule has 0 aliphatic carbocycles. The summed E-state index contributed by atoms with van der Waals surface area (Å²) >= 11 is 0. The van der Waals surface area contributed by atoms with Gasteiger partial charge in [0.05, 0.1) is 11.3 Å². The summed E-state index contributed by atoms with van der Waals surface area (Å²) in [4.78, 5) is 39.8. The first kappa shape index (κ1) is 24.5. The minimum absolute atomic E-state index is 0.166. The fourth-order valence-electron chi connectivity index (χ4n) is 4.68. The molecule has 5 rings (SSSR count). The van der Waals surface area contributed by atoms with E-state index in [2.05, 4.69) is 20.9 Å². The van der Waals surface area contributed by atoms with Gasteiger partial charge in [-0.2, -0.15) is 0 Å². The minimum atomic E-state index is -0.187. The van der Waals surface area contributed by atoms with Crippen molar-refractivity contribution in [3.05, 3.63) is 71.5 Å². The summed E-state index contributed by atoms with van der Waals surface area (Å²) in [6.07, 6.45) is 4.43. The highest BCUT2D eigenvalue weighted by atomic mass is 16.3. The first-order valence-electron chi connectivity index (χ1n) is 12.7. The van der Waals surface area contributed by atoms with Gasteiger partial charge in [0.25, 0.3) is 11.8 Å². The molecule has 37 heavy (non-hydrogen) atoms. The van der Waals surface area contributed by atoms with Crippen molar-refractivity contribution < 1.29 is 18.8 Å². The number of hydrogen-bond donors (Lipinski definition) is 3. The summed E-state index contributed by atoms with van der Waals surface area (Å²) in [5.74, 6) is 0.490. The zero-order valence-electron chi connectivity index (χ0n) is 20.8. The molecule has 1 saturated heterocycles. The Morgan fingerprint density at radius 3 is 2.68 bits per heavy atom. The predicted molar refractivity (Wildman–Crippen MR) is 144 cm³/mol. The van der Waals surface area contributed by atoms with Gasteiger partial charge in [-0.1, -0.05) is 25.1 Å². The fraction of sp³-hybridized carbons (Fsp3) is 0.276. The normalized spacial score (nSPS) is 16.0. The molecule has 0 unspecified atom stereocenters. The molecule has 3 aromatic rings. The van der Waals surface area contributed by atoms with Crippen LogP contribution in [0.25, 0.3) is 23.0 Å². The first-order valence-corrected chi connectivity index (χ1v) is 12.7. The van der Waals surface area contributed by atoms with E-state index in [-0.39, 0.29) is 17.7 Å². The summed E-state index contributed by atoms with van der Waals surface area (Å²) < 4.78 is 6.06. The molecule has 1 fully saturated rings. The maximum atomic E-state index is 12.8. The zero-order valence-corrected chi connectivity index (χ0v) is 20.8. The highest BCUT2D eigenvalue weighted by molar-refractivity contribution is 6.34. The number of nitrogens with one attached hydrogen (secondary N) is 3. The molecule has 0 atom stereocenters. The van der Waals surface area contributed by atoms with Crippen molar-refractivity contribution in [2.75, 3.05) is 36.8 Å². The third kappa shape index (κ3) is 5.49. The number of hydrogen-bond acceptors (Lipinski definition) is 5. The van der Waals surface area contributed by atoms with Crippen LogP contribution in [0.2, 0.25) is 0 Å². The van der Waals surface area contributed by atoms with E-state index in [0.29, 0.717) is 46.9 Å². The van der Waals surface area contributed by atoms with Crippen LogP contribution in [-0.4, -0.2) is 48.8 Å². The maximum absolute atomic E-state index is 12.8. The number of carbonyl (C=O) groups is 3. The number of amides is 3. The number of nitrogens with zero attached hydrogens (tertiary/aromatic N) is 1. The summed E-state index contributed by atoms with van der Waals surface area (Å²) in [5, 5.41) is 8.72. The van der Waals surface area contributed by atoms with Crippen molar-refractivity contribution in [1.29, 1.82) is 0 Å². The van der Waals surface area contributed by atoms with Crippen LogP contribution in [0.3, 0.4) is 0 Å². The van der Waals surface area contributed by atoms with Crippen LogP contribution in [0.15, 0.2) is 59.0 Å². The van der Waals surface area contributed by atoms with E-state index < -0.39 is 0 Å². The Kier molecular flexibility index (Phi) is 7.18. The Bertz CT molecular complexity index is 1370. The van der Waals surface area contributed by atoms with Crippen molar-refractivity contribution in [3.63, 3.8) is 0 Å². The smallest absolute Gasteiger partial charge is 0.256 e. The minimum Gasteiger partial charge on any atom is -0.457 e. The summed E-state index contributed by atoms with van der Waals surface area (Å²) in [7, 11) is 0. The zero-order chi connectivity index (χ0) is 25.8. The fourth-order valence-corrected chi connectivity index (χ4v) is 4.68. The summed E-state index contributed by atoms with van der Waals surface area (Å²) in [6, 6.07) is 16.2. The van der Waals surface area contributed by atoms with Crippen molar-refractivity contribution in [1.82, 2.24) is 10.2 Å². The number of rotatable bonds is 8. The van der Waals surface area contributed by atoms with E-state index >= 15 is 0 Å². The molecule has 3 N–H and O–H groups in total. The lowest BCUT2D eigenvalue weighted by Gasteiger charge is -2.15. The maximum Gasteiger partial charge on any atom is 0.256 e. The Hall–Kier alpha value is -4.17. The average Bonchev–Trinajstić information content (AvgIpc) is 3.65. The van der Waals surface area contributed by atoms with Gasteiger partial charge in [0.2, 0.25) is 5.91 Å². The van der Waals surface area contributed by atoms with Gasteiger partial charge in [0, 0.05) is 41.9 Å². The second kappa shape index (κ2) is 10.8. The Morgan fingerprint density at radius 1 is 1.05 bits per heavy atom. The van der Waals surface area contributed by atoms with Gasteiger partial charge in [-0.25, -0.2) is 0 Å². The first-order chi connectivity index (χ1) is 18.0. The summed E-state index contributed by atoms with van der Waals surface area (Å²) in [6.45, 7) is 5.33. The average molecular weight is 499 g/mol. The van der Waals surface area contributed by atoms with Crippen LogP contribution >= 0.6 is 0 Å². The third-order valence-electron chi connectivity index (χ3n) is 6.68. The molecule has 3 heterocycles. The van der Waals surface area contributed by atoms with Crippen LogP contribution in [0, 0.1) is 0 Å². The highest BCUT2D eigenvalue weighted by Gasteiger charge is 2.24. The second-order valence-electron chi connectivity index (χ2n) is 9.23. The van der Waals surface area contributed by atoms with Gasteiger partial charge >= 0.3 is 0 Å². The molecular weight excluding hydrogens is 468 g/mol. The van der Waals surface area contributed by atoms with E-state index in [0.717, 1.165) is 30.9 Å². The molecule has 2 aliphatic rings. The number of carbonyl (C=O) groups excluding carboxylic acids is 3. The lowest BCUT2D eigenvalue weighted by molar-refractivity contribution is -0.116. The van der Waals surface area contributed by atoms with E-state index in [1.165, 1.54) is 12.8 Å². The van der Waals surface area contributed by atoms with Gasteiger partial charge in [-0.3, -0.25) is 14.4 Å². The number of fused-ring (bicyclic) bond motifs is 1. The van der Waals surface area contributed by atoms with Crippen molar-refractivity contribution in [2.45, 2.75) is 26.2 Å². The molecule has 8 nitrogen and oxygen atoms in total. The van der Waals surface area contributed by atoms with Crippen LogP contribution in [-0.2, 0) is 9.59 Å². The van der Waals surface area contributed by atoms with Crippen molar-refractivity contribution in [2.24, 2.45) is 0 Å². The quantitative estimate of drug-likeness (QED) is 0.394. The number of furan rings is 1. The van der Waals surface area contributed by atoms with Gasteiger partial charge in [-0.15, -0.1) is 0 Å². The molecule has 1 aromatic heterocycles. The largest absolute Gasteiger partial charge is 0.457 e. The predicted octanol–water partition coefficient (Wildman–Crippen LogP) is 4.61. The van der Waals surface area contributed by atoms with Gasteiger partial charge in [-0.05, 0) is 68.4 Å². The van der Waals surface area contributed by atoms with E-state index in [4.69, 9.17) is 4.42 Å². The molecule has 0 saturated carbocycles. The highest BCUT2D eigenvalue weighted by Crippen LogP contribution is 2.35. The lowest BCUT2D eigenvalue weighted by atomic mass is 10.1. The Morgan fingerprint density at radius 2 is 1.86 bits per heavy atom. The monoisotopic (exact) mass is 498 g/mol. The molecule has 2 aromatic carbocycles. The topological polar surface area (TPSA) is 104 Å². The van der Waals surface area contributed by atoms with Gasteiger partial charge in [0.15, 0.2) is 0 Å². The third-order valence-corrected chi connectivity index (χ3v) is 6.68. The summed E-state index contributed by atoms with van der Waals surface area (Å²) in [5.41, 5.74) is 3.72. The van der Waals surface area contributed by atoms with Crippen LogP contribution < -0.4 is 16.0 Å². The number of benzene rings is 2. The number of likely N-dealkylation sites (tertiary alicyclic amines) is 1. The number of anilines is 2. The van der Waals surface area contributed by atoms with Gasteiger partial charge in [0.1, 0.15) is 11.5 Å². The standard InChI is InChI=1S/C29H30N4O4/c1-2-27(34)31-25-17-19(28(35)30-13-16-33-14-5-6-15-33)9-11-22(25)26-12-10-20(37-26)18-23-21-7-3-4-8-24(21)32-29(23)36/h3-4,7-12,17-18H,2,5-6,13-16H2,1H3,(H,30,35)(H,31,34)(H,32,36). The molecule has 8 heteroatoms. The molecule has 0 bridgehead atoms. The molecule has 3 amide bonds. The molecule has 2 aliphatic heterocycles. The van der Waals surface area contributed by atoms with Crippen molar-refractivity contribution >= 4 is 40.7 Å².